The third-order valence-electron chi connectivity index (χ3n) is 3.14. The van der Waals surface area contributed by atoms with E-state index in [4.69, 9.17) is 4.74 Å². The van der Waals surface area contributed by atoms with Crippen molar-refractivity contribution in [1.29, 1.82) is 0 Å². The fourth-order valence-electron chi connectivity index (χ4n) is 2.29. The lowest BCUT2D eigenvalue weighted by Crippen LogP contribution is -2.07. The van der Waals surface area contributed by atoms with Gasteiger partial charge in [0.15, 0.2) is 5.75 Å². The van der Waals surface area contributed by atoms with Gasteiger partial charge >= 0.3 is 5.69 Å². The average molecular weight is 271 g/mol. The Morgan fingerprint density at radius 3 is 2.70 bits per heavy atom. The van der Waals surface area contributed by atoms with E-state index in [1.807, 2.05) is 0 Å². The van der Waals surface area contributed by atoms with Crippen LogP contribution in [0.2, 0.25) is 0 Å². The van der Waals surface area contributed by atoms with E-state index in [-0.39, 0.29) is 17.0 Å². The van der Waals surface area contributed by atoms with Crippen molar-refractivity contribution in [3.05, 3.63) is 51.1 Å². The van der Waals surface area contributed by atoms with Gasteiger partial charge < -0.3 is 9.72 Å². The van der Waals surface area contributed by atoms with Crippen LogP contribution in [0.15, 0.2) is 35.4 Å². The normalized spacial score (nSPS) is 10.8. The Hall–Kier alpha value is -2.96. The molecule has 1 heterocycles. The molecule has 20 heavy (non-hydrogen) atoms. The van der Waals surface area contributed by atoms with Crippen LogP contribution in [-0.4, -0.2) is 22.0 Å². The lowest BCUT2D eigenvalue weighted by Gasteiger charge is -2.06. The highest BCUT2D eigenvalue weighted by Crippen LogP contribution is 2.36. The number of rotatable bonds is 2. The van der Waals surface area contributed by atoms with Gasteiger partial charge in [0.25, 0.3) is 5.56 Å². The lowest BCUT2D eigenvalue weighted by atomic mass is 10.0. The van der Waals surface area contributed by atoms with Crippen molar-refractivity contribution in [2.75, 3.05) is 7.11 Å². The number of hydrogen-bond acceptors (Lipinski definition) is 5. The lowest BCUT2D eigenvalue weighted by molar-refractivity contribution is -0.383. The molecule has 0 saturated heterocycles. The molecule has 0 fully saturated rings. The molecular formula is C13H9N3O4. The second-order valence-corrected chi connectivity index (χ2v) is 4.16. The molecule has 3 rings (SSSR count). The summed E-state index contributed by atoms with van der Waals surface area (Å²) in [6.07, 6.45) is 1.30. The maximum Gasteiger partial charge on any atom is 0.318 e. The molecule has 0 saturated carbocycles. The summed E-state index contributed by atoms with van der Waals surface area (Å²) in [6, 6.07) is 6.26. The molecule has 2 aromatic carbocycles. The Morgan fingerprint density at radius 1 is 1.25 bits per heavy atom. The number of aromatic nitrogens is 2. The third kappa shape index (κ3) is 1.60. The van der Waals surface area contributed by atoms with Crippen LogP contribution in [0.4, 0.5) is 5.69 Å². The molecule has 0 unspecified atom stereocenters. The van der Waals surface area contributed by atoms with Gasteiger partial charge in [0.2, 0.25) is 0 Å². The Labute approximate surface area is 112 Å². The molecule has 100 valence electrons. The topological polar surface area (TPSA) is 98.1 Å². The number of H-pyrrole nitrogens is 1. The van der Waals surface area contributed by atoms with Gasteiger partial charge in [-0.2, -0.15) is 0 Å². The van der Waals surface area contributed by atoms with E-state index >= 15 is 0 Å². The van der Waals surface area contributed by atoms with Crippen molar-refractivity contribution in [3.63, 3.8) is 0 Å². The Balaban J connectivity index is 2.58. The molecule has 0 aliphatic heterocycles. The number of hydrogen-bond donors (Lipinski definition) is 1. The first-order valence-electron chi connectivity index (χ1n) is 5.75. The average Bonchev–Trinajstić information content (AvgIpc) is 2.45. The predicted octanol–water partition coefficient (Wildman–Crippen LogP) is 1.99. The van der Waals surface area contributed by atoms with Crippen LogP contribution in [0.1, 0.15) is 0 Å². The van der Waals surface area contributed by atoms with Gasteiger partial charge in [-0.15, -0.1) is 0 Å². The van der Waals surface area contributed by atoms with Crippen molar-refractivity contribution >= 4 is 27.4 Å². The van der Waals surface area contributed by atoms with Gasteiger partial charge in [-0.05, 0) is 24.3 Å². The quantitative estimate of drug-likeness (QED) is 0.436. The van der Waals surface area contributed by atoms with Crippen LogP contribution in [0.25, 0.3) is 21.7 Å². The number of nitrogens with one attached hydrogen (secondary N) is 1. The Morgan fingerprint density at radius 2 is 2.00 bits per heavy atom. The number of fused-ring (bicyclic) bond motifs is 3. The van der Waals surface area contributed by atoms with Crippen LogP contribution in [-0.2, 0) is 0 Å². The van der Waals surface area contributed by atoms with Crippen molar-refractivity contribution in [2.24, 2.45) is 0 Å². The minimum Gasteiger partial charge on any atom is -0.490 e. The molecule has 7 heteroatoms. The van der Waals surface area contributed by atoms with E-state index in [1.54, 1.807) is 18.2 Å². The zero-order valence-electron chi connectivity index (χ0n) is 10.4. The second kappa shape index (κ2) is 4.30. The Kier molecular flexibility index (Phi) is 2.60. The van der Waals surface area contributed by atoms with Gasteiger partial charge in [-0.25, -0.2) is 4.98 Å². The zero-order valence-corrected chi connectivity index (χ0v) is 10.4. The number of nitrogens with zero attached hydrogens (tertiary/aromatic N) is 2. The molecular weight excluding hydrogens is 262 g/mol. The Bertz CT molecular complexity index is 901. The SMILES string of the molecule is COc1ccc2c(ccc3nc[nH]c(=O)c32)c1[N+](=O)[O-]. The first-order chi connectivity index (χ1) is 9.63. The van der Waals surface area contributed by atoms with Crippen molar-refractivity contribution < 1.29 is 9.66 Å². The summed E-state index contributed by atoms with van der Waals surface area (Å²) in [5, 5.41) is 12.4. The van der Waals surface area contributed by atoms with Crippen LogP contribution in [0, 0.1) is 10.1 Å². The molecule has 7 nitrogen and oxygen atoms in total. The van der Waals surface area contributed by atoms with Gasteiger partial charge in [0.05, 0.1) is 34.6 Å². The molecule has 0 aliphatic carbocycles. The van der Waals surface area contributed by atoms with Gasteiger partial charge in [-0.1, -0.05) is 0 Å². The van der Waals surface area contributed by atoms with E-state index in [2.05, 4.69) is 9.97 Å². The van der Waals surface area contributed by atoms with Crippen LogP contribution >= 0.6 is 0 Å². The molecule has 0 radical (unpaired) electrons. The first kappa shape index (κ1) is 12.1. The molecule has 0 atom stereocenters. The standard InChI is InChI=1S/C13H9N3O4/c1-20-10-5-3-7-8(12(10)16(18)19)2-4-9-11(7)13(17)15-6-14-9/h2-6H,1H3,(H,14,15,17). The number of nitro groups is 1. The number of benzene rings is 2. The minimum atomic E-state index is -0.516. The molecule has 1 N–H and O–H groups in total. The van der Waals surface area contributed by atoms with Crippen molar-refractivity contribution in [1.82, 2.24) is 9.97 Å². The zero-order chi connectivity index (χ0) is 14.3. The number of aromatic amines is 1. The molecule has 1 aromatic heterocycles. The number of methoxy groups -OCH3 is 1. The van der Waals surface area contributed by atoms with E-state index in [0.29, 0.717) is 21.7 Å². The summed E-state index contributed by atoms with van der Waals surface area (Å²) in [4.78, 5) is 29.2. The van der Waals surface area contributed by atoms with Gasteiger partial charge in [-0.3, -0.25) is 14.9 Å². The highest BCUT2D eigenvalue weighted by Gasteiger charge is 2.21. The minimum absolute atomic E-state index is 0.155. The summed E-state index contributed by atoms with van der Waals surface area (Å²) in [6.45, 7) is 0. The summed E-state index contributed by atoms with van der Waals surface area (Å²) < 4.78 is 5.01. The maximum absolute atomic E-state index is 11.9. The smallest absolute Gasteiger partial charge is 0.318 e. The third-order valence-corrected chi connectivity index (χ3v) is 3.14. The van der Waals surface area contributed by atoms with E-state index in [1.165, 1.54) is 19.5 Å². The van der Waals surface area contributed by atoms with E-state index < -0.39 is 4.92 Å². The summed E-state index contributed by atoms with van der Waals surface area (Å²) in [5.74, 6) is 0.155. The van der Waals surface area contributed by atoms with Crippen molar-refractivity contribution in [2.45, 2.75) is 0 Å². The molecule has 0 aliphatic rings. The maximum atomic E-state index is 11.9. The highest BCUT2D eigenvalue weighted by molar-refractivity contribution is 6.09. The molecule has 0 spiro atoms. The fraction of sp³-hybridized carbons (Fsp3) is 0.0769. The van der Waals surface area contributed by atoms with Crippen LogP contribution < -0.4 is 10.3 Å². The first-order valence-corrected chi connectivity index (χ1v) is 5.75. The van der Waals surface area contributed by atoms with E-state index in [0.717, 1.165) is 0 Å². The molecule has 0 bridgehead atoms. The summed E-state index contributed by atoms with van der Waals surface area (Å²) in [7, 11) is 1.36. The summed E-state index contributed by atoms with van der Waals surface area (Å²) in [5.41, 5.74) is -0.00377. The van der Waals surface area contributed by atoms with Crippen molar-refractivity contribution in [3.8, 4) is 5.75 Å². The molecule has 3 aromatic rings. The second-order valence-electron chi connectivity index (χ2n) is 4.16. The van der Waals surface area contributed by atoms with Crippen LogP contribution in [0.5, 0.6) is 5.75 Å². The fourth-order valence-corrected chi connectivity index (χ4v) is 2.29. The molecule has 0 amide bonds. The monoisotopic (exact) mass is 271 g/mol. The van der Waals surface area contributed by atoms with Gasteiger partial charge in [0, 0.05) is 5.39 Å². The predicted molar refractivity (Wildman–Crippen MR) is 73.1 cm³/mol. The number of ether oxygens (including phenoxy) is 1. The number of nitro benzene ring substituents is 1. The van der Waals surface area contributed by atoms with Crippen LogP contribution in [0.3, 0.4) is 0 Å². The van der Waals surface area contributed by atoms with Gasteiger partial charge in [0.1, 0.15) is 0 Å². The highest BCUT2D eigenvalue weighted by atomic mass is 16.6. The summed E-state index contributed by atoms with van der Waals surface area (Å²) >= 11 is 0. The van der Waals surface area contributed by atoms with E-state index in [9.17, 15) is 14.9 Å². The largest absolute Gasteiger partial charge is 0.490 e.